The summed E-state index contributed by atoms with van der Waals surface area (Å²) in [6, 6.07) is 17.3. The number of rotatable bonds is 10. The number of ether oxygens (including phenoxy) is 1. The molecule has 2 atom stereocenters. The standard InChI is InChI=1S/C22H26N2O5/c1-22(15-29-2,14-20(26)27)24-19(25)13-18(16-9-5-3-6-10-16)23-21(28)17-11-7-4-8-12-17/h3-12,18H,13-15H2,1-2H3,(H,23,28)(H,24,25)(H,26,27). The number of amides is 2. The van der Waals surface area contributed by atoms with Crippen LogP contribution in [0.5, 0.6) is 0 Å². The number of benzene rings is 2. The van der Waals surface area contributed by atoms with E-state index in [-0.39, 0.29) is 31.3 Å². The van der Waals surface area contributed by atoms with Gasteiger partial charge in [-0.25, -0.2) is 0 Å². The second kappa shape index (κ2) is 10.4. The minimum absolute atomic E-state index is 0.0402. The van der Waals surface area contributed by atoms with Crippen LogP contribution in [0, 0.1) is 0 Å². The van der Waals surface area contributed by atoms with Gasteiger partial charge >= 0.3 is 5.97 Å². The zero-order chi connectivity index (χ0) is 21.3. The smallest absolute Gasteiger partial charge is 0.305 e. The largest absolute Gasteiger partial charge is 0.481 e. The Morgan fingerprint density at radius 1 is 1.03 bits per heavy atom. The van der Waals surface area contributed by atoms with E-state index in [9.17, 15) is 14.4 Å². The van der Waals surface area contributed by atoms with Gasteiger partial charge in [0.2, 0.25) is 5.91 Å². The summed E-state index contributed by atoms with van der Waals surface area (Å²) in [6.07, 6.45) is -0.319. The van der Waals surface area contributed by atoms with Gasteiger partial charge < -0.3 is 20.5 Å². The fraction of sp³-hybridized carbons (Fsp3) is 0.318. The number of carbonyl (C=O) groups excluding carboxylic acids is 2. The van der Waals surface area contributed by atoms with Crippen molar-refractivity contribution in [2.24, 2.45) is 0 Å². The van der Waals surface area contributed by atoms with Crippen LogP contribution in [0.2, 0.25) is 0 Å². The van der Waals surface area contributed by atoms with E-state index in [4.69, 9.17) is 9.84 Å². The molecule has 0 heterocycles. The first-order valence-electron chi connectivity index (χ1n) is 9.25. The first-order valence-corrected chi connectivity index (χ1v) is 9.25. The van der Waals surface area contributed by atoms with Crippen LogP contribution in [0.4, 0.5) is 0 Å². The number of carboxylic acid groups (broad SMARTS) is 1. The number of nitrogens with one attached hydrogen (secondary N) is 2. The number of hydrogen-bond donors (Lipinski definition) is 3. The lowest BCUT2D eigenvalue weighted by Crippen LogP contribution is -2.51. The van der Waals surface area contributed by atoms with Crippen LogP contribution in [-0.2, 0) is 14.3 Å². The molecular formula is C22H26N2O5. The Hall–Kier alpha value is -3.19. The van der Waals surface area contributed by atoms with Gasteiger partial charge in [0, 0.05) is 12.7 Å². The fourth-order valence-corrected chi connectivity index (χ4v) is 3.13. The van der Waals surface area contributed by atoms with Crippen molar-refractivity contribution in [2.45, 2.75) is 31.3 Å². The lowest BCUT2D eigenvalue weighted by atomic mass is 9.97. The molecule has 3 N–H and O–H groups in total. The Balaban J connectivity index is 2.16. The molecule has 0 saturated heterocycles. The number of carbonyl (C=O) groups is 3. The van der Waals surface area contributed by atoms with E-state index in [0.29, 0.717) is 5.56 Å². The quantitative estimate of drug-likeness (QED) is 0.570. The van der Waals surface area contributed by atoms with Crippen LogP contribution >= 0.6 is 0 Å². The molecule has 2 rings (SSSR count). The topological polar surface area (TPSA) is 105 Å². The summed E-state index contributed by atoms with van der Waals surface area (Å²) in [5.41, 5.74) is 0.213. The first-order chi connectivity index (χ1) is 13.8. The molecule has 29 heavy (non-hydrogen) atoms. The third kappa shape index (κ3) is 7.04. The number of aliphatic carboxylic acids is 1. The highest BCUT2D eigenvalue weighted by Gasteiger charge is 2.30. The Morgan fingerprint density at radius 3 is 2.17 bits per heavy atom. The van der Waals surface area contributed by atoms with E-state index in [0.717, 1.165) is 5.56 Å². The maximum Gasteiger partial charge on any atom is 0.305 e. The Morgan fingerprint density at radius 2 is 1.62 bits per heavy atom. The lowest BCUT2D eigenvalue weighted by molar-refractivity contribution is -0.139. The van der Waals surface area contributed by atoms with Gasteiger partial charge in [0.05, 0.1) is 31.0 Å². The number of hydrogen-bond acceptors (Lipinski definition) is 4. The van der Waals surface area contributed by atoms with Gasteiger partial charge in [-0.15, -0.1) is 0 Å². The molecule has 154 valence electrons. The van der Waals surface area contributed by atoms with Crippen molar-refractivity contribution >= 4 is 17.8 Å². The Labute approximate surface area is 170 Å². The third-order valence-corrected chi connectivity index (χ3v) is 4.38. The number of carboxylic acids is 1. The maximum atomic E-state index is 12.7. The average Bonchev–Trinajstić information content (AvgIpc) is 2.68. The van der Waals surface area contributed by atoms with E-state index < -0.39 is 17.6 Å². The first kappa shape index (κ1) is 22.1. The molecule has 7 nitrogen and oxygen atoms in total. The minimum Gasteiger partial charge on any atom is -0.481 e. The molecule has 0 spiro atoms. The van der Waals surface area contributed by atoms with Crippen molar-refractivity contribution in [1.29, 1.82) is 0 Å². The molecule has 0 aliphatic rings. The van der Waals surface area contributed by atoms with E-state index in [2.05, 4.69) is 10.6 Å². The van der Waals surface area contributed by atoms with Crippen LogP contribution in [0.1, 0.15) is 41.7 Å². The normalized spacial score (nSPS) is 13.7. The van der Waals surface area contributed by atoms with Gasteiger partial charge in [-0.05, 0) is 24.6 Å². The van der Waals surface area contributed by atoms with E-state index >= 15 is 0 Å². The molecule has 2 aromatic rings. The van der Waals surface area contributed by atoms with Gasteiger partial charge in [-0.2, -0.15) is 0 Å². The van der Waals surface area contributed by atoms with Gasteiger partial charge in [0.1, 0.15) is 0 Å². The number of methoxy groups -OCH3 is 1. The molecule has 0 aromatic heterocycles. The minimum atomic E-state index is -1.05. The molecule has 2 amide bonds. The molecule has 0 radical (unpaired) electrons. The molecule has 2 unspecified atom stereocenters. The van der Waals surface area contributed by atoms with Crippen molar-refractivity contribution in [3.05, 3.63) is 71.8 Å². The highest BCUT2D eigenvalue weighted by molar-refractivity contribution is 5.94. The summed E-state index contributed by atoms with van der Waals surface area (Å²) < 4.78 is 5.07. The van der Waals surface area contributed by atoms with Crippen LogP contribution in [0.3, 0.4) is 0 Å². The van der Waals surface area contributed by atoms with Gasteiger partial charge in [0.15, 0.2) is 0 Å². The van der Waals surface area contributed by atoms with Gasteiger partial charge in [0.25, 0.3) is 5.91 Å². The average molecular weight is 398 g/mol. The zero-order valence-electron chi connectivity index (χ0n) is 16.6. The van der Waals surface area contributed by atoms with Gasteiger partial charge in [-0.1, -0.05) is 48.5 Å². The second-order valence-corrected chi connectivity index (χ2v) is 7.12. The summed E-state index contributed by atoms with van der Waals surface area (Å²) in [5, 5.41) is 14.8. The summed E-state index contributed by atoms with van der Waals surface area (Å²) in [5.74, 6) is -1.72. The van der Waals surface area contributed by atoms with Crippen LogP contribution in [-0.4, -0.2) is 42.1 Å². The van der Waals surface area contributed by atoms with Crippen molar-refractivity contribution in [3.63, 3.8) is 0 Å². The monoisotopic (exact) mass is 398 g/mol. The lowest BCUT2D eigenvalue weighted by Gasteiger charge is -2.29. The highest BCUT2D eigenvalue weighted by atomic mass is 16.5. The third-order valence-electron chi connectivity index (χ3n) is 4.38. The predicted molar refractivity (Wildman–Crippen MR) is 108 cm³/mol. The predicted octanol–water partition coefficient (Wildman–Crippen LogP) is 2.54. The summed E-state index contributed by atoms with van der Waals surface area (Å²) in [4.78, 5) is 36.5. The van der Waals surface area contributed by atoms with Gasteiger partial charge in [-0.3, -0.25) is 14.4 Å². The Kier molecular flexibility index (Phi) is 7.91. The SMILES string of the molecule is COCC(C)(CC(=O)O)NC(=O)CC(NC(=O)c1ccccc1)c1ccccc1. The molecule has 2 aromatic carbocycles. The summed E-state index contributed by atoms with van der Waals surface area (Å²) >= 11 is 0. The Bertz CT molecular complexity index is 826. The molecular weight excluding hydrogens is 372 g/mol. The van der Waals surface area contributed by atoms with Crippen LogP contribution in [0.15, 0.2) is 60.7 Å². The van der Waals surface area contributed by atoms with E-state index in [1.807, 2.05) is 36.4 Å². The molecule has 0 bridgehead atoms. The molecule has 0 aliphatic heterocycles. The van der Waals surface area contributed by atoms with Crippen molar-refractivity contribution < 1.29 is 24.2 Å². The molecule has 0 fully saturated rings. The van der Waals surface area contributed by atoms with E-state index in [1.165, 1.54) is 7.11 Å². The molecule has 7 heteroatoms. The fourth-order valence-electron chi connectivity index (χ4n) is 3.13. The summed E-state index contributed by atoms with van der Waals surface area (Å²) in [7, 11) is 1.44. The van der Waals surface area contributed by atoms with Crippen LogP contribution in [0.25, 0.3) is 0 Å². The van der Waals surface area contributed by atoms with E-state index in [1.54, 1.807) is 31.2 Å². The molecule has 0 saturated carbocycles. The zero-order valence-corrected chi connectivity index (χ0v) is 16.6. The second-order valence-electron chi connectivity index (χ2n) is 7.12. The van der Waals surface area contributed by atoms with Crippen LogP contribution < -0.4 is 10.6 Å². The highest BCUT2D eigenvalue weighted by Crippen LogP contribution is 2.19. The summed E-state index contributed by atoms with van der Waals surface area (Å²) in [6.45, 7) is 1.67. The van der Waals surface area contributed by atoms with Crippen molar-refractivity contribution in [1.82, 2.24) is 10.6 Å². The maximum absolute atomic E-state index is 12.7. The van der Waals surface area contributed by atoms with Crippen molar-refractivity contribution in [3.8, 4) is 0 Å². The molecule has 0 aliphatic carbocycles. The van der Waals surface area contributed by atoms with Crippen molar-refractivity contribution in [2.75, 3.05) is 13.7 Å².